The van der Waals surface area contributed by atoms with Crippen LogP contribution in [0.3, 0.4) is 0 Å². The minimum Gasteiger partial charge on any atom is -0.396 e. The molecule has 1 aromatic rings. The highest BCUT2D eigenvalue weighted by molar-refractivity contribution is 9.10. The van der Waals surface area contributed by atoms with Crippen LogP contribution in [-0.4, -0.2) is 27.7 Å². The summed E-state index contributed by atoms with van der Waals surface area (Å²) in [7, 11) is 0. The maximum atomic E-state index is 8.92. The van der Waals surface area contributed by atoms with E-state index in [-0.39, 0.29) is 12.6 Å². The van der Waals surface area contributed by atoms with Gasteiger partial charge in [-0.25, -0.2) is 9.97 Å². The zero-order valence-corrected chi connectivity index (χ0v) is 10.5. The van der Waals surface area contributed by atoms with Crippen molar-refractivity contribution in [3.8, 4) is 0 Å². The Morgan fingerprint density at radius 1 is 1.40 bits per heavy atom. The van der Waals surface area contributed by atoms with Gasteiger partial charge < -0.3 is 10.4 Å². The highest BCUT2D eigenvalue weighted by Gasteiger charge is 2.13. The zero-order chi connectivity index (χ0) is 11.3. The van der Waals surface area contributed by atoms with Gasteiger partial charge in [0.25, 0.3) is 0 Å². The van der Waals surface area contributed by atoms with Gasteiger partial charge in [-0.05, 0) is 28.3 Å². The van der Waals surface area contributed by atoms with Gasteiger partial charge in [0, 0.05) is 25.0 Å². The first-order valence-electron chi connectivity index (χ1n) is 4.98. The van der Waals surface area contributed by atoms with Crippen molar-refractivity contribution < 1.29 is 5.11 Å². The van der Waals surface area contributed by atoms with E-state index in [2.05, 4.69) is 45.1 Å². The van der Waals surface area contributed by atoms with Crippen LogP contribution in [0.15, 0.2) is 16.9 Å². The molecule has 4 nitrogen and oxygen atoms in total. The molecule has 0 radical (unpaired) electrons. The van der Waals surface area contributed by atoms with Gasteiger partial charge in [0.15, 0.2) is 0 Å². The molecule has 0 aromatic carbocycles. The number of halogens is 1. The number of aliphatic hydroxyl groups excluding tert-OH is 1. The monoisotopic (exact) mass is 273 g/mol. The van der Waals surface area contributed by atoms with E-state index in [4.69, 9.17) is 5.11 Å². The van der Waals surface area contributed by atoms with E-state index in [0.717, 1.165) is 4.47 Å². The van der Waals surface area contributed by atoms with E-state index >= 15 is 0 Å². The highest BCUT2D eigenvalue weighted by Crippen LogP contribution is 2.12. The fourth-order valence-electron chi connectivity index (χ4n) is 1.26. The third kappa shape index (κ3) is 4.13. The Hall–Kier alpha value is -0.680. The van der Waals surface area contributed by atoms with Crippen molar-refractivity contribution in [3.05, 3.63) is 16.9 Å². The second-order valence-electron chi connectivity index (χ2n) is 3.73. The van der Waals surface area contributed by atoms with Crippen molar-refractivity contribution in [2.24, 2.45) is 5.92 Å². The van der Waals surface area contributed by atoms with E-state index in [0.29, 0.717) is 18.3 Å². The van der Waals surface area contributed by atoms with Crippen LogP contribution in [0.25, 0.3) is 0 Å². The summed E-state index contributed by atoms with van der Waals surface area (Å²) in [4.78, 5) is 8.26. The van der Waals surface area contributed by atoms with Crippen molar-refractivity contribution in [1.82, 2.24) is 9.97 Å². The first kappa shape index (κ1) is 12.4. The predicted molar refractivity (Wildman–Crippen MR) is 63.7 cm³/mol. The Morgan fingerprint density at radius 2 is 2.00 bits per heavy atom. The lowest BCUT2D eigenvalue weighted by Crippen LogP contribution is -2.27. The second-order valence-corrected chi connectivity index (χ2v) is 4.65. The molecule has 0 spiro atoms. The molecule has 15 heavy (non-hydrogen) atoms. The summed E-state index contributed by atoms with van der Waals surface area (Å²) >= 11 is 3.28. The van der Waals surface area contributed by atoms with Crippen LogP contribution in [0.5, 0.6) is 0 Å². The molecule has 1 atom stereocenters. The minimum atomic E-state index is 0.173. The van der Waals surface area contributed by atoms with Crippen molar-refractivity contribution in [2.75, 3.05) is 11.9 Å². The lowest BCUT2D eigenvalue weighted by atomic mass is 10.0. The molecule has 1 rings (SSSR count). The predicted octanol–water partition coefficient (Wildman–Crippen LogP) is 2.06. The molecular formula is C10H16BrN3O. The summed E-state index contributed by atoms with van der Waals surface area (Å²) in [5.74, 6) is 1.04. The molecule has 84 valence electrons. The molecule has 1 unspecified atom stereocenters. The van der Waals surface area contributed by atoms with Crippen LogP contribution in [0.1, 0.15) is 20.3 Å². The van der Waals surface area contributed by atoms with Gasteiger partial charge >= 0.3 is 0 Å². The number of nitrogens with one attached hydrogen (secondary N) is 1. The zero-order valence-electron chi connectivity index (χ0n) is 8.94. The summed E-state index contributed by atoms with van der Waals surface area (Å²) in [5, 5.41) is 12.1. The lowest BCUT2D eigenvalue weighted by molar-refractivity contribution is 0.267. The molecule has 0 saturated heterocycles. The van der Waals surface area contributed by atoms with Crippen LogP contribution >= 0.6 is 15.9 Å². The van der Waals surface area contributed by atoms with Crippen molar-refractivity contribution >= 4 is 21.9 Å². The Bertz CT molecular complexity index is 289. The largest absolute Gasteiger partial charge is 0.396 e. The molecule has 1 heterocycles. The number of anilines is 1. The van der Waals surface area contributed by atoms with Gasteiger partial charge in [0.05, 0.1) is 4.47 Å². The third-order valence-electron chi connectivity index (χ3n) is 2.18. The van der Waals surface area contributed by atoms with Crippen molar-refractivity contribution in [1.29, 1.82) is 0 Å². The van der Waals surface area contributed by atoms with E-state index in [1.807, 2.05) is 0 Å². The van der Waals surface area contributed by atoms with Crippen molar-refractivity contribution in [3.63, 3.8) is 0 Å². The molecule has 0 fully saturated rings. The van der Waals surface area contributed by atoms with Crippen molar-refractivity contribution in [2.45, 2.75) is 26.3 Å². The standard InChI is InChI=1S/C10H16BrN3O/c1-7(2)9(3-4-15)14-10-12-5-8(11)6-13-10/h5-7,9,15H,3-4H2,1-2H3,(H,12,13,14). The van der Waals surface area contributed by atoms with Gasteiger partial charge in [-0.3, -0.25) is 0 Å². The SMILES string of the molecule is CC(C)C(CCO)Nc1ncc(Br)cn1. The van der Waals surface area contributed by atoms with Crippen LogP contribution < -0.4 is 5.32 Å². The fourth-order valence-corrected chi connectivity index (χ4v) is 1.47. The Morgan fingerprint density at radius 3 is 2.47 bits per heavy atom. The van der Waals surface area contributed by atoms with Crippen LogP contribution in [0, 0.1) is 5.92 Å². The fraction of sp³-hybridized carbons (Fsp3) is 0.600. The summed E-state index contributed by atoms with van der Waals surface area (Å²) in [6.07, 6.45) is 4.11. The lowest BCUT2D eigenvalue weighted by Gasteiger charge is -2.21. The molecular weight excluding hydrogens is 258 g/mol. The maximum Gasteiger partial charge on any atom is 0.222 e. The number of hydrogen-bond acceptors (Lipinski definition) is 4. The normalized spacial score (nSPS) is 12.9. The van der Waals surface area contributed by atoms with E-state index in [9.17, 15) is 0 Å². The average molecular weight is 274 g/mol. The molecule has 0 bridgehead atoms. The quantitative estimate of drug-likeness (QED) is 0.862. The summed E-state index contributed by atoms with van der Waals surface area (Å²) in [5.41, 5.74) is 0. The highest BCUT2D eigenvalue weighted by atomic mass is 79.9. The topological polar surface area (TPSA) is 58.0 Å². The number of aliphatic hydroxyl groups is 1. The van der Waals surface area contributed by atoms with E-state index in [1.54, 1.807) is 12.4 Å². The van der Waals surface area contributed by atoms with Gasteiger partial charge in [-0.2, -0.15) is 0 Å². The number of rotatable bonds is 5. The molecule has 0 amide bonds. The van der Waals surface area contributed by atoms with Gasteiger partial charge in [-0.15, -0.1) is 0 Å². The smallest absolute Gasteiger partial charge is 0.222 e. The van der Waals surface area contributed by atoms with Crippen LogP contribution in [-0.2, 0) is 0 Å². The Balaban J connectivity index is 2.61. The van der Waals surface area contributed by atoms with Gasteiger partial charge in [0.1, 0.15) is 0 Å². The first-order chi connectivity index (χ1) is 7.13. The summed E-state index contributed by atoms with van der Waals surface area (Å²) in [6.45, 7) is 4.38. The number of aromatic nitrogens is 2. The molecule has 5 heteroatoms. The Labute approximate surface area is 98.3 Å². The molecule has 0 aliphatic carbocycles. The molecule has 1 aromatic heterocycles. The molecule has 0 aliphatic heterocycles. The average Bonchev–Trinajstić information content (AvgIpc) is 2.20. The van der Waals surface area contributed by atoms with E-state index < -0.39 is 0 Å². The molecule has 0 aliphatic rings. The van der Waals surface area contributed by atoms with Crippen LogP contribution in [0.4, 0.5) is 5.95 Å². The van der Waals surface area contributed by atoms with Gasteiger partial charge in [-0.1, -0.05) is 13.8 Å². The second kappa shape index (κ2) is 6.02. The third-order valence-corrected chi connectivity index (χ3v) is 2.59. The van der Waals surface area contributed by atoms with E-state index in [1.165, 1.54) is 0 Å². The first-order valence-corrected chi connectivity index (χ1v) is 5.77. The Kier molecular flexibility index (Phi) is 4.98. The maximum absolute atomic E-state index is 8.92. The minimum absolute atomic E-state index is 0.173. The molecule has 0 saturated carbocycles. The number of hydrogen-bond donors (Lipinski definition) is 2. The molecule has 2 N–H and O–H groups in total. The number of nitrogens with zero attached hydrogens (tertiary/aromatic N) is 2. The summed E-state index contributed by atoms with van der Waals surface area (Å²) < 4.78 is 0.858. The summed E-state index contributed by atoms with van der Waals surface area (Å²) in [6, 6.07) is 0.205. The van der Waals surface area contributed by atoms with Crippen LogP contribution in [0.2, 0.25) is 0 Å². The van der Waals surface area contributed by atoms with Gasteiger partial charge in [0.2, 0.25) is 5.95 Å².